The van der Waals surface area contributed by atoms with E-state index in [0.29, 0.717) is 17.6 Å². The zero-order valence-electron chi connectivity index (χ0n) is 10.4. The Balaban J connectivity index is 1.90. The number of aromatic nitrogens is 2. The number of nitrogens with zero attached hydrogens (tertiary/aromatic N) is 2. The molecule has 3 aromatic rings. The van der Waals surface area contributed by atoms with Gasteiger partial charge in [0.05, 0.1) is 0 Å². The van der Waals surface area contributed by atoms with Gasteiger partial charge in [0.25, 0.3) is 0 Å². The van der Waals surface area contributed by atoms with Crippen molar-refractivity contribution >= 4 is 38.3 Å². The van der Waals surface area contributed by atoms with Crippen molar-refractivity contribution in [2.75, 3.05) is 0 Å². The summed E-state index contributed by atoms with van der Waals surface area (Å²) < 4.78 is 6.78. The summed E-state index contributed by atoms with van der Waals surface area (Å²) in [6.45, 7) is 0.430. The van der Waals surface area contributed by atoms with Gasteiger partial charge < -0.3 is 4.74 Å². The Kier molecular flexibility index (Phi) is 3.85. The first-order valence-corrected chi connectivity index (χ1v) is 7.19. The number of fused-ring (bicyclic) bond motifs is 1. The lowest BCUT2D eigenvalue weighted by Gasteiger charge is -2.08. The predicted octanol–water partition coefficient (Wildman–Crippen LogP) is 4.62. The fraction of sp³-hybridized carbons (Fsp3) is 0.0667. The molecule has 0 aliphatic carbocycles. The van der Waals surface area contributed by atoms with E-state index in [1.54, 1.807) is 0 Å². The fourth-order valence-electron chi connectivity index (χ4n) is 1.93. The molecular weight excluding hydrogens is 340 g/mol. The highest BCUT2D eigenvalue weighted by Crippen LogP contribution is 2.27. The zero-order chi connectivity index (χ0) is 13.9. The monoisotopic (exact) mass is 348 g/mol. The van der Waals surface area contributed by atoms with Gasteiger partial charge in [0.1, 0.15) is 6.61 Å². The molecule has 0 amide bonds. The van der Waals surface area contributed by atoms with Crippen LogP contribution in [0.3, 0.4) is 0 Å². The van der Waals surface area contributed by atoms with E-state index >= 15 is 0 Å². The number of benzene rings is 2. The second-order valence-corrected chi connectivity index (χ2v) is 5.53. The van der Waals surface area contributed by atoms with Crippen molar-refractivity contribution in [3.63, 3.8) is 0 Å². The molecule has 1 aromatic heterocycles. The smallest absolute Gasteiger partial charge is 0.241 e. The van der Waals surface area contributed by atoms with E-state index in [1.165, 1.54) is 0 Å². The Morgan fingerprint density at radius 1 is 1.00 bits per heavy atom. The highest BCUT2D eigenvalue weighted by molar-refractivity contribution is 9.10. The highest BCUT2D eigenvalue weighted by atomic mass is 79.9. The van der Waals surface area contributed by atoms with E-state index in [9.17, 15) is 0 Å². The molecule has 0 unspecified atom stereocenters. The highest BCUT2D eigenvalue weighted by Gasteiger charge is 2.08. The van der Waals surface area contributed by atoms with Crippen molar-refractivity contribution in [2.45, 2.75) is 6.61 Å². The first-order valence-electron chi connectivity index (χ1n) is 6.02. The van der Waals surface area contributed by atoms with E-state index in [0.717, 1.165) is 20.8 Å². The van der Waals surface area contributed by atoms with Gasteiger partial charge in [0.15, 0.2) is 5.15 Å². The first-order chi connectivity index (χ1) is 9.74. The minimum absolute atomic E-state index is 0.385. The summed E-state index contributed by atoms with van der Waals surface area (Å²) in [5, 5.41) is 10.0. The van der Waals surface area contributed by atoms with Crippen LogP contribution < -0.4 is 4.74 Å². The van der Waals surface area contributed by atoms with Crippen LogP contribution >= 0.6 is 27.5 Å². The van der Waals surface area contributed by atoms with Crippen LogP contribution in [0.25, 0.3) is 10.8 Å². The molecule has 5 heteroatoms. The zero-order valence-corrected chi connectivity index (χ0v) is 12.7. The largest absolute Gasteiger partial charge is 0.471 e. The molecular formula is C15H10BrClN2O. The maximum atomic E-state index is 6.03. The Bertz CT molecular complexity index is 764. The molecule has 0 bridgehead atoms. The van der Waals surface area contributed by atoms with Gasteiger partial charge in [-0.3, -0.25) is 0 Å². The molecule has 1 heterocycles. The SMILES string of the molecule is Clc1nnc(OCc2cccc(Br)c2)c2ccccc12. The summed E-state index contributed by atoms with van der Waals surface area (Å²) in [6.07, 6.45) is 0. The van der Waals surface area contributed by atoms with Gasteiger partial charge in [0.2, 0.25) is 5.88 Å². The normalized spacial score (nSPS) is 10.7. The molecule has 0 saturated carbocycles. The van der Waals surface area contributed by atoms with Crippen LogP contribution in [0.15, 0.2) is 53.0 Å². The molecule has 2 aromatic carbocycles. The van der Waals surface area contributed by atoms with Gasteiger partial charge in [-0.25, -0.2) is 0 Å². The van der Waals surface area contributed by atoms with Gasteiger partial charge in [-0.15, -0.1) is 10.2 Å². The molecule has 0 atom stereocenters. The molecule has 3 nitrogen and oxygen atoms in total. The van der Waals surface area contributed by atoms with Crippen molar-refractivity contribution < 1.29 is 4.74 Å². The molecule has 0 fully saturated rings. The topological polar surface area (TPSA) is 35.0 Å². The summed E-state index contributed by atoms with van der Waals surface area (Å²) in [5.41, 5.74) is 1.06. The van der Waals surface area contributed by atoms with Crippen LogP contribution in [0.5, 0.6) is 5.88 Å². The maximum absolute atomic E-state index is 6.03. The third-order valence-corrected chi connectivity index (χ3v) is 3.65. The van der Waals surface area contributed by atoms with Crippen molar-refractivity contribution in [1.82, 2.24) is 10.2 Å². The Hall–Kier alpha value is -1.65. The van der Waals surface area contributed by atoms with Crippen LogP contribution in [0.4, 0.5) is 0 Å². The summed E-state index contributed by atoms with van der Waals surface area (Å²) >= 11 is 9.47. The summed E-state index contributed by atoms with van der Waals surface area (Å²) in [6, 6.07) is 15.6. The van der Waals surface area contributed by atoms with Crippen LogP contribution in [0, 0.1) is 0 Å². The molecule has 3 rings (SSSR count). The average molecular weight is 350 g/mol. The van der Waals surface area contributed by atoms with E-state index < -0.39 is 0 Å². The van der Waals surface area contributed by atoms with Crippen LogP contribution in [-0.2, 0) is 6.61 Å². The van der Waals surface area contributed by atoms with E-state index in [2.05, 4.69) is 26.1 Å². The van der Waals surface area contributed by atoms with E-state index in [1.807, 2.05) is 48.5 Å². The van der Waals surface area contributed by atoms with E-state index in [4.69, 9.17) is 16.3 Å². The molecule has 0 radical (unpaired) electrons. The van der Waals surface area contributed by atoms with Crippen LogP contribution in [0.1, 0.15) is 5.56 Å². The van der Waals surface area contributed by atoms with Gasteiger partial charge in [-0.1, -0.05) is 57.9 Å². The van der Waals surface area contributed by atoms with Crippen molar-refractivity contribution in [2.24, 2.45) is 0 Å². The van der Waals surface area contributed by atoms with E-state index in [-0.39, 0.29) is 0 Å². The first kappa shape index (κ1) is 13.3. The van der Waals surface area contributed by atoms with Crippen molar-refractivity contribution in [1.29, 1.82) is 0 Å². The quantitative estimate of drug-likeness (QED) is 0.692. The third kappa shape index (κ3) is 2.76. The molecule has 0 aliphatic rings. The molecule has 0 spiro atoms. The molecule has 0 N–H and O–H groups in total. The Morgan fingerprint density at radius 2 is 1.80 bits per heavy atom. The van der Waals surface area contributed by atoms with Gasteiger partial charge in [-0.2, -0.15) is 0 Å². The number of hydrogen-bond donors (Lipinski definition) is 0. The summed E-state index contributed by atoms with van der Waals surface area (Å²) in [7, 11) is 0. The number of hydrogen-bond acceptors (Lipinski definition) is 3. The van der Waals surface area contributed by atoms with Gasteiger partial charge in [0, 0.05) is 15.2 Å². The average Bonchev–Trinajstić information content (AvgIpc) is 2.47. The second-order valence-electron chi connectivity index (χ2n) is 4.26. The molecule has 0 saturated heterocycles. The van der Waals surface area contributed by atoms with Crippen LogP contribution in [-0.4, -0.2) is 10.2 Å². The lowest BCUT2D eigenvalue weighted by atomic mass is 10.2. The maximum Gasteiger partial charge on any atom is 0.241 e. The lowest BCUT2D eigenvalue weighted by Crippen LogP contribution is -1.99. The van der Waals surface area contributed by atoms with Crippen molar-refractivity contribution in [3.05, 3.63) is 63.7 Å². The van der Waals surface area contributed by atoms with Crippen molar-refractivity contribution in [3.8, 4) is 5.88 Å². The van der Waals surface area contributed by atoms with Gasteiger partial charge >= 0.3 is 0 Å². The molecule has 0 aliphatic heterocycles. The van der Waals surface area contributed by atoms with Gasteiger partial charge in [-0.05, 0) is 23.8 Å². The fourth-order valence-corrected chi connectivity index (χ4v) is 2.58. The minimum Gasteiger partial charge on any atom is -0.471 e. The lowest BCUT2D eigenvalue weighted by molar-refractivity contribution is 0.294. The second kappa shape index (κ2) is 5.77. The molecule has 20 heavy (non-hydrogen) atoms. The standard InChI is InChI=1S/C15H10BrClN2O/c16-11-5-3-4-10(8-11)9-20-15-13-7-2-1-6-12(13)14(17)18-19-15/h1-8H,9H2. The summed E-state index contributed by atoms with van der Waals surface area (Å²) in [4.78, 5) is 0. The Labute approximate surface area is 129 Å². The number of halogens is 2. The van der Waals surface area contributed by atoms with Crippen LogP contribution in [0.2, 0.25) is 5.15 Å². The summed E-state index contributed by atoms with van der Waals surface area (Å²) in [5.74, 6) is 0.491. The Morgan fingerprint density at radius 3 is 2.60 bits per heavy atom. The predicted molar refractivity (Wildman–Crippen MR) is 83.0 cm³/mol. The number of ether oxygens (including phenoxy) is 1. The molecule has 100 valence electrons. The minimum atomic E-state index is 0.385. The third-order valence-electron chi connectivity index (χ3n) is 2.87. The number of rotatable bonds is 3.